The summed E-state index contributed by atoms with van der Waals surface area (Å²) in [6.07, 6.45) is 0.669. The topological polar surface area (TPSA) is 79.3 Å². The number of aryl methyl sites for hydroxylation is 1. The van der Waals surface area contributed by atoms with Crippen LogP contribution in [0.1, 0.15) is 21.6 Å². The normalized spacial score (nSPS) is 13.3. The summed E-state index contributed by atoms with van der Waals surface area (Å²) in [6.45, 7) is 3.11. The molecule has 2 heterocycles. The Balaban J connectivity index is 1.63. The first kappa shape index (κ1) is 15.4. The Labute approximate surface area is 138 Å². The zero-order valence-electron chi connectivity index (χ0n) is 12.8. The van der Waals surface area contributed by atoms with Gasteiger partial charge in [-0.3, -0.25) is 4.79 Å². The minimum Gasteiger partial charge on any atom is -0.484 e. The molecule has 1 aromatic carbocycles. The van der Waals surface area contributed by atoms with E-state index in [2.05, 4.69) is 6.07 Å². The molecular formula is C17H17N3O2S. The second-order valence-corrected chi connectivity index (χ2v) is 6.66. The molecule has 0 atom stereocenters. The summed E-state index contributed by atoms with van der Waals surface area (Å²) in [5.41, 5.74) is 8.59. The number of carbonyl (C=O) groups excluding carboxylic acids is 1. The van der Waals surface area contributed by atoms with Crippen LogP contribution in [0, 0.1) is 18.3 Å². The molecule has 2 N–H and O–H groups in total. The van der Waals surface area contributed by atoms with Crippen LogP contribution in [0.4, 0.5) is 5.00 Å². The van der Waals surface area contributed by atoms with E-state index in [1.54, 1.807) is 4.90 Å². The molecule has 0 aliphatic carbocycles. The van der Waals surface area contributed by atoms with Crippen LogP contribution in [0.3, 0.4) is 0 Å². The second kappa shape index (κ2) is 6.31. The van der Waals surface area contributed by atoms with Crippen molar-refractivity contribution in [3.8, 4) is 11.8 Å². The number of thiophene rings is 1. The van der Waals surface area contributed by atoms with Crippen LogP contribution >= 0.6 is 11.3 Å². The highest BCUT2D eigenvalue weighted by Gasteiger charge is 2.26. The fourth-order valence-corrected chi connectivity index (χ4v) is 3.72. The monoisotopic (exact) mass is 327 g/mol. The maximum atomic E-state index is 12.3. The van der Waals surface area contributed by atoms with E-state index in [0.717, 1.165) is 16.0 Å². The van der Waals surface area contributed by atoms with E-state index in [1.807, 2.05) is 31.2 Å². The van der Waals surface area contributed by atoms with Gasteiger partial charge in [-0.1, -0.05) is 17.7 Å². The van der Waals surface area contributed by atoms with Crippen LogP contribution < -0.4 is 10.5 Å². The summed E-state index contributed by atoms with van der Waals surface area (Å²) < 4.78 is 5.55. The molecule has 0 spiro atoms. The van der Waals surface area contributed by atoms with Crippen LogP contribution in [0.15, 0.2) is 24.3 Å². The molecule has 2 aromatic rings. The lowest BCUT2D eigenvalue weighted by Gasteiger charge is -2.27. The molecule has 1 amide bonds. The van der Waals surface area contributed by atoms with Gasteiger partial charge >= 0.3 is 0 Å². The molecule has 5 nitrogen and oxygen atoms in total. The van der Waals surface area contributed by atoms with Gasteiger partial charge < -0.3 is 15.4 Å². The number of hydrogen-bond donors (Lipinski definition) is 1. The summed E-state index contributed by atoms with van der Waals surface area (Å²) in [5.74, 6) is 0.635. The van der Waals surface area contributed by atoms with Gasteiger partial charge in [0.25, 0.3) is 5.91 Å². The summed E-state index contributed by atoms with van der Waals surface area (Å²) in [7, 11) is 0. The molecule has 0 saturated heterocycles. The molecule has 0 unspecified atom stereocenters. The summed E-state index contributed by atoms with van der Waals surface area (Å²) in [5, 5.41) is 9.69. The summed E-state index contributed by atoms with van der Waals surface area (Å²) in [6, 6.07) is 9.77. The van der Waals surface area contributed by atoms with E-state index < -0.39 is 0 Å². The number of nitrogen functional groups attached to an aromatic ring is 1. The highest BCUT2D eigenvalue weighted by atomic mass is 32.1. The third-order valence-electron chi connectivity index (χ3n) is 3.93. The number of amides is 1. The van der Waals surface area contributed by atoms with Crippen molar-refractivity contribution in [2.75, 3.05) is 18.9 Å². The number of fused-ring (bicyclic) bond motifs is 1. The van der Waals surface area contributed by atoms with Crippen LogP contribution in [0.2, 0.25) is 0 Å². The molecule has 3 rings (SSSR count). The Hall–Kier alpha value is -2.52. The van der Waals surface area contributed by atoms with Gasteiger partial charge in [-0.15, -0.1) is 11.3 Å². The zero-order valence-corrected chi connectivity index (χ0v) is 13.7. The number of carbonyl (C=O) groups is 1. The van der Waals surface area contributed by atoms with E-state index >= 15 is 0 Å². The van der Waals surface area contributed by atoms with E-state index in [9.17, 15) is 4.79 Å². The number of rotatable bonds is 3. The van der Waals surface area contributed by atoms with Gasteiger partial charge in [0.05, 0.1) is 12.1 Å². The van der Waals surface area contributed by atoms with Crippen molar-refractivity contribution in [1.29, 1.82) is 5.26 Å². The summed E-state index contributed by atoms with van der Waals surface area (Å²) in [4.78, 5) is 15.1. The number of nitrogens with two attached hydrogens (primary N) is 1. The maximum Gasteiger partial charge on any atom is 0.260 e. The largest absolute Gasteiger partial charge is 0.484 e. The van der Waals surface area contributed by atoms with Gasteiger partial charge in [-0.2, -0.15) is 5.26 Å². The molecule has 6 heteroatoms. The molecule has 0 bridgehead atoms. The number of ether oxygens (including phenoxy) is 1. The van der Waals surface area contributed by atoms with Crippen molar-refractivity contribution >= 4 is 22.2 Å². The fourth-order valence-electron chi connectivity index (χ4n) is 2.63. The predicted octanol–water partition coefficient (Wildman–Crippen LogP) is 2.47. The lowest BCUT2D eigenvalue weighted by molar-refractivity contribution is -0.134. The third kappa shape index (κ3) is 3.15. The first-order chi connectivity index (χ1) is 11.1. The van der Waals surface area contributed by atoms with Gasteiger partial charge in [0.2, 0.25) is 0 Å². The number of anilines is 1. The van der Waals surface area contributed by atoms with Crippen molar-refractivity contribution < 1.29 is 9.53 Å². The van der Waals surface area contributed by atoms with Crippen LogP contribution in [-0.4, -0.2) is 24.0 Å². The van der Waals surface area contributed by atoms with Crippen molar-refractivity contribution in [3.63, 3.8) is 0 Å². The predicted molar refractivity (Wildman–Crippen MR) is 89.2 cm³/mol. The van der Waals surface area contributed by atoms with Crippen LogP contribution in [0.5, 0.6) is 5.75 Å². The smallest absolute Gasteiger partial charge is 0.260 e. The van der Waals surface area contributed by atoms with Crippen molar-refractivity contribution in [2.24, 2.45) is 0 Å². The van der Waals surface area contributed by atoms with E-state index in [1.165, 1.54) is 11.3 Å². The minimum absolute atomic E-state index is 0.0182. The lowest BCUT2D eigenvalue weighted by Crippen LogP contribution is -2.38. The van der Waals surface area contributed by atoms with Crippen molar-refractivity contribution in [1.82, 2.24) is 4.90 Å². The lowest BCUT2D eigenvalue weighted by atomic mass is 10.0. The Bertz CT molecular complexity index is 774. The van der Waals surface area contributed by atoms with Crippen LogP contribution in [0.25, 0.3) is 0 Å². The van der Waals surface area contributed by atoms with E-state index in [0.29, 0.717) is 35.8 Å². The van der Waals surface area contributed by atoms with Gasteiger partial charge in [0.15, 0.2) is 6.61 Å². The first-order valence-electron chi connectivity index (χ1n) is 7.36. The maximum absolute atomic E-state index is 12.3. The fraction of sp³-hybridized carbons (Fsp3) is 0.294. The SMILES string of the molecule is Cc1ccc(OCC(=O)N2CCc3c(sc(N)c3C#N)C2)cc1. The minimum atomic E-state index is -0.0540. The zero-order chi connectivity index (χ0) is 16.4. The molecule has 23 heavy (non-hydrogen) atoms. The van der Waals surface area contributed by atoms with Gasteiger partial charge in [0, 0.05) is 11.4 Å². The number of benzene rings is 1. The molecule has 1 aliphatic rings. The Morgan fingerprint density at radius 2 is 2.17 bits per heavy atom. The Kier molecular flexibility index (Phi) is 4.22. The van der Waals surface area contributed by atoms with Gasteiger partial charge in [-0.25, -0.2) is 0 Å². The molecule has 1 aliphatic heterocycles. The van der Waals surface area contributed by atoms with Crippen LogP contribution in [-0.2, 0) is 17.8 Å². The number of nitriles is 1. The van der Waals surface area contributed by atoms with E-state index in [-0.39, 0.29) is 12.5 Å². The Morgan fingerprint density at radius 1 is 1.43 bits per heavy atom. The molecule has 1 aromatic heterocycles. The first-order valence-corrected chi connectivity index (χ1v) is 8.17. The molecule has 118 valence electrons. The second-order valence-electron chi connectivity index (χ2n) is 5.52. The highest BCUT2D eigenvalue weighted by Crippen LogP contribution is 2.34. The highest BCUT2D eigenvalue weighted by molar-refractivity contribution is 7.16. The quantitative estimate of drug-likeness (QED) is 0.939. The molecule has 0 fully saturated rings. The average molecular weight is 327 g/mol. The van der Waals surface area contributed by atoms with Gasteiger partial charge in [-0.05, 0) is 31.0 Å². The standard InChI is InChI=1S/C17H17N3O2S/c1-11-2-4-12(5-3-11)22-10-16(21)20-7-6-13-14(8-18)17(19)23-15(13)9-20/h2-5H,6-7,9-10,19H2,1H3. The Morgan fingerprint density at radius 3 is 2.87 bits per heavy atom. The summed E-state index contributed by atoms with van der Waals surface area (Å²) >= 11 is 1.40. The third-order valence-corrected chi connectivity index (χ3v) is 4.98. The average Bonchev–Trinajstić information content (AvgIpc) is 2.88. The number of hydrogen-bond acceptors (Lipinski definition) is 5. The molecule has 0 saturated carbocycles. The van der Waals surface area contributed by atoms with E-state index in [4.69, 9.17) is 15.7 Å². The van der Waals surface area contributed by atoms with Crippen molar-refractivity contribution in [3.05, 3.63) is 45.8 Å². The molecule has 0 radical (unpaired) electrons. The van der Waals surface area contributed by atoms with Gasteiger partial charge in [0.1, 0.15) is 16.8 Å². The molecular weight excluding hydrogens is 310 g/mol. The number of nitrogens with zero attached hydrogens (tertiary/aromatic N) is 2. The van der Waals surface area contributed by atoms with Crippen molar-refractivity contribution in [2.45, 2.75) is 19.9 Å².